The molecule has 1 aliphatic rings. The third-order valence-corrected chi connectivity index (χ3v) is 5.39. The first-order chi connectivity index (χ1) is 10.0. The van der Waals surface area contributed by atoms with Crippen LogP contribution in [0.3, 0.4) is 0 Å². The molecule has 0 saturated carbocycles. The molecule has 1 heterocycles. The lowest BCUT2D eigenvalue weighted by molar-refractivity contribution is 0.556. The van der Waals surface area contributed by atoms with Gasteiger partial charge in [-0.05, 0) is 31.0 Å². The number of nitrogens with one attached hydrogen (secondary N) is 1. The number of nitrogens with zero attached hydrogens (tertiary/aromatic N) is 1. The van der Waals surface area contributed by atoms with Crippen LogP contribution in [0.25, 0.3) is 0 Å². The Morgan fingerprint density at radius 2 is 1.76 bits per heavy atom. The molecule has 21 heavy (non-hydrogen) atoms. The minimum absolute atomic E-state index is 0.288. The molecule has 2 rings (SSSR count). The molecule has 5 nitrogen and oxygen atoms in total. The van der Waals surface area contributed by atoms with Crippen LogP contribution in [0.4, 0.5) is 11.4 Å². The van der Waals surface area contributed by atoms with Crippen molar-refractivity contribution in [3.63, 3.8) is 0 Å². The molecule has 0 unspecified atom stereocenters. The number of sulfonamides is 1. The van der Waals surface area contributed by atoms with E-state index in [0.717, 1.165) is 31.6 Å². The number of nitrogens with two attached hydrogens (primary N) is 1. The molecule has 0 bridgehead atoms. The summed E-state index contributed by atoms with van der Waals surface area (Å²) >= 11 is 0. The van der Waals surface area contributed by atoms with Crippen molar-refractivity contribution >= 4 is 21.4 Å². The van der Waals surface area contributed by atoms with Gasteiger partial charge in [0.1, 0.15) is 0 Å². The zero-order valence-electron chi connectivity index (χ0n) is 12.6. The number of anilines is 2. The highest BCUT2D eigenvalue weighted by Crippen LogP contribution is 2.28. The van der Waals surface area contributed by atoms with E-state index in [1.54, 1.807) is 25.1 Å². The number of hydrogen-bond acceptors (Lipinski definition) is 4. The van der Waals surface area contributed by atoms with Crippen LogP contribution in [-0.4, -0.2) is 28.1 Å². The van der Waals surface area contributed by atoms with Crippen molar-refractivity contribution in [2.75, 3.05) is 30.3 Å². The summed E-state index contributed by atoms with van der Waals surface area (Å²) in [6.45, 7) is 4.03. The molecule has 118 valence electrons. The van der Waals surface area contributed by atoms with Gasteiger partial charge in [-0.1, -0.05) is 26.2 Å². The summed E-state index contributed by atoms with van der Waals surface area (Å²) < 4.78 is 26.8. The first-order valence-corrected chi connectivity index (χ1v) is 9.17. The van der Waals surface area contributed by atoms with Gasteiger partial charge in [0.2, 0.25) is 10.0 Å². The van der Waals surface area contributed by atoms with Gasteiger partial charge < -0.3 is 10.6 Å². The highest BCUT2D eigenvalue weighted by Gasteiger charge is 2.17. The van der Waals surface area contributed by atoms with Crippen molar-refractivity contribution in [2.24, 2.45) is 0 Å². The summed E-state index contributed by atoms with van der Waals surface area (Å²) in [6.07, 6.45) is 6.00. The number of rotatable bonds is 4. The van der Waals surface area contributed by atoms with E-state index in [0.29, 0.717) is 12.2 Å². The van der Waals surface area contributed by atoms with Crippen LogP contribution in [0.15, 0.2) is 23.1 Å². The monoisotopic (exact) mass is 311 g/mol. The van der Waals surface area contributed by atoms with Crippen LogP contribution >= 0.6 is 0 Å². The highest BCUT2D eigenvalue weighted by atomic mass is 32.2. The maximum Gasteiger partial charge on any atom is 0.240 e. The van der Waals surface area contributed by atoms with Gasteiger partial charge in [0.05, 0.1) is 16.3 Å². The van der Waals surface area contributed by atoms with E-state index in [1.807, 2.05) is 0 Å². The van der Waals surface area contributed by atoms with E-state index in [4.69, 9.17) is 5.73 Å². The first-order valence-electron chi connectivity index (χ1n) is 7.69. The average molecular weight is 311 g/mol. The van der Waals surface area contributed by atoms with Gasteiger partial charge in [0.15, 0.2) is 0 Å². The van der Waals surface area contributed by atoms with Crippen molar-refractivity contribution < 1.29 is 8.42 Å². The molecule has 1 aromatic carbocycles. The molecule has 1 fully saturated rings. The van der Waals surface area contributed by atoms with Crippen molar-refractivity contribution in [2.45, 2.75) is 43.9 Å². The van der Waals surface area contributed by atoms with E-state index in [1.165, 1.54) is 19.3 Å². The van der Waals surface area contributed by atoms with Crippen molar-refractivity contribution in [1.82, 2.24) is 4.72 Å². The summed E-state index contributed by atoms with van der Waals surface area (Å²) in [4.78, 5) is 2.51. The second-order valence-electron chi connectivity index (χ2n) is 5.48. The van der Waals surface area contributed by atoms with Crippen LogP contribution in [0.2, 0.25) is 0 Å². The molecule has 0 aromatic heterocycles. The van der Waals surface area contributed by atoms with Gasteiger partial charge in [0.25, 0.3) is 0 Å². The Hall–Kier alpha value is -1.27. The normalized spacial score (nSPS) is 17.3. The lowest BCUT2D eigenvalue weighted by atomic mass is 10.1. The second-order valence-corrected chi connectivity index (χ2v) is 7.24. The number of nitrogen functional groups attached to an aromatic ring is 1. The third kappa shape index (κ3) is 4.11. The Labute approximate surface area is 127 Å². The summed E-state index contributed by atoms with van der Waals surface area (Å²) in [6, 6.07) is 4.97. The highest BCUT2D eigenvalue weighted by molar-refractivity contribution is 7.89. The molecule has 1 saturated heterocycles. The van der Waals surface area contributed by atoms with Crippen molar-refractivity contribution in [3.05, 3.63) is 18.2 Å². The lowest BCUT2D eigenvalue weighted by Crippen LogP contribution is -2.28. The Balaban J connectivity index is 2.29. The Bertz CT molecular complexity index is 564. The number of hydrogen-bond donors (Lipinski definition) is 2. The topological polar surface area (TPSA) is 75.4 Å². The standard InChI is InChI=1S/C15H25N3O2S/c1-2-17-21(19,20)13-8-9-14(16)15(12-13)18-10-6-4-3-5-7-11-18/h8-9,12,17H,2-7,10-11,16H2,1H3. The van der Waals surface area contributed by atoms with Gasteiger partial charge in [0, 0.05) is 19.6 Å². The maximum absolute atomic E-state index is 12.1. The molecule has 6 heteroatoms. The molecular formula is C15H25N3O2S. The Kier molecular flexibility index (Phi) is 5.47. The van der Waals surface area contributed by atoms with Gasteiger partial charge >= 0.3 is 0 Å². The van der Waals surface area contributed by atoms with E-state index < -0.39 is 10.0 Å². The molecule has 1 aliphatic heterocycles. The predicted molar refractivity (Wildman–Crippen MR) is 87.0 cm³/mol. The second kappa shape index (κ2) is 7.13. The molecule has 0 atom stereocenters. The minimum atomic E-state index is -3.44. The summed E-state index contributed by atoms with van der Waals surface area (Å²) in [5.74, 6) is 0. The predicted octanol–water partition coefficient (Wildman–Crippen LogP) is 2.34. The maximum atomic E-state index is 12.1. The molecular weight excluding hydrogens is 286 g/mol. The Morgan fingerprint density at radius 1 is 1.14 bits per heavy atom. The molecule has 0 amide bonds. The van der Waals surface area contributed by atoms with Crippen LogP contribution in [0.1, 0.15) is 39.0 Å². The zero-order valence-corrected chi connectivity index (χ0v) is 13.5. The molecule has 0 spiro atoms. The van der Waals surface area contributed by atoms with E-state index in [9.17, 15) is 8.42 Å². The van der Waals surface area contributed by atoms with Gasteiger partial charge in [-0.2, -0.15) is 0 Å². The van der Waals surface area contributed by atoms with E-state index >= 15 is 0 Å². The quantitative estimate of drug-likeness (QED) is 0.837. The molecule has 1 aromatic rings. The summed E-state index contributed by atoms with van der Waals surface area (Å²) in [7, 11) is -3.44. The Morgan fingerprint density at radius 3 is 2.38 bits per heavy atom. The molecule has 3 N–H and O–H groups in total. The van der Waals surface area contributed by atoms with Gasteiger partial charge in [-0.3, -0.25) is 0 Å². The van der Waals surface area contributed by atoms with E-state index in [2.05, 4.69) is 9.62 Å². The largest absolute Gasteiger partial charge is 0.397 e. The van der Waals surface area contributed by atoms with Crippen molar-refractivity contribution in [1.29, 1.82) is 0 Å². The van der Waals surface area contributed by atoms with Crippen LogP contribution in [0, 0.1) is 0 Å². The number of benzene rings is 1. The zero-order chi connectivity index (χ0) is 15.3. The van der Waals surface area contributed by atoms with Crippen molar-refractivity contribution in [3.8, 4) is 0 Å². The van der Waals surface area contributed by atoms with Gasteiger partial charge in [-0.15, -0.1) is 0 Å². The van der Waals surface area contributed by atoms with Gasteiger partial charge in [-0.25, -0.2) is 13.1 Å². The van der Waals surface area contributed by atoms with Crippen LogP contribution in [0.5, 0.6) is 0 Å². The third-order valence-electron chi connectivity index (χ3n) is 3.84. The summed E-state index contributed by atoms with van der Waals surface area (Å²) in [5, 5.41) is 0. The van der Waals surface area contributed by atoms with Crippen LogP contribution in [-0.2, 0) is 10.0 Å². The van der Waals surface area contributed by atoms with Crippen LogP contribution < -0.4 is 15.4 Å². The lowest BCUT2D eigenvalue weighted by Gasteiger charge is -2.28. The molecule has 0 radical (unpaired) electrons. The average Bonchev–Trinajstić information content (AvgIpc) is 2.39. The minimum Gasteiger partial charge on any atom is -0.397 e. The fourth-order valence-corrected chi connectivity index (χ4v) is 3.79. The summed E-state index contributed by atoms with van der Waals surface area (Å²) in [5.41, 5.74) is 7.56. The first kappa shape index (κ1) is 16.1. The SMILES string of the molecule is CCNS(=O)(=O)c1ccc(N)c(N2CCCCCCC2)c1. The molecule has 0 aliphatic carbocycles. The smallest absolute Gasteiger partial charge is 0.240 e. The van der Waals surface area contributed by atoms with E-state index in [-0.39, 0.29) is 4.90 Å². The fourth-order valence-electron chi connectivity index (χ4n) is 2.73. The fraction of sp³-hybridized carbons (Fsp3) is 0.600.